The van der Waals surface area contributed by atoms with Crippen molar-refractivity contribution in [3.05, 3.63) is 95.8 Å². The summed E-state index contributed by atoms with van der Waals surface area (Å²) >= 11 is 0. The van der Waals surface area contributed by atoms with E-state index >= 15 is 0 Å². The largest absolute Gasteiger partial charge is 0.385 e. The van der Waals surface area contributed by atoms with E-state index in [0.29, 0.717) is 5.92 Å². The summed E-state index contributed by atoms with van der Waals surface area (Å²) in [5, 5.41) is 3.51. The van der Waals surface area contributed by atoms with Crippen LogP contribution in [0.2, 0.25) is 0 Å². The molecular formula is C21H22N2. The highest BCUT2D eigenvalue weighted by molar-refractivity contribution is 5.44. The lowest BCUT2D eigenvalue weighted by Crippen LogP contribution is -2.10. The highest BCUT2D eigenvalue weighted by Gasteiger charge is 2.14. The van der Waals surface area contributed by atoms with Crippen LogP contribution in [-0.2, 0) is 0 Å². The third kappa shape index (κ3) is 4.19. The molecule has 3 rings (SSSR count). The van der Waals surface area contributed by atoms with Crippen molar-refractivity contribution >= 4 is 5.69 Å². The second kappa shape index (κ2) is 7.59. The summed E-state index contributed by atoms with van der Waals surface area (Å²) in [6, 6.07) is 25.3. The zero-order valence-corrected chi connectivity index (χ0v) is 13.4. The van der Waals surface area contributed by atoms with E-state index < -0.39 is 0 Å². The van der Waals surface area contributed by atoms with Crippen molar-refractivity contribution in [3.63, 3.8) is 0 Å². The number of hydrogen-bond acceptors (Lipinski definition) is 2. The lowest BCUT2D eigenvalue weighted by molar-refractivity contribution is 0.722. The Bertz CT molecular complexity index is 666. The third-order valence-corrected chi connectivity index (χ3v) is 4.06. The minimum atomic E-state index is 0.315. The van der Waals surface area contributed by atoms with Gasteiger partial charge in [-0.2, -0.15) is 0 Å². The fourth-order valence-electron chi connectivity index (χ4n) is 2.79. The summed E-state index contributed by atoms with van der Waals surface area (Å²) < 4.78 is 0. The van der Waals surface area contributed by atoms with Crippen LogP contribution in [0.4, 0.5) is 5.69 Å². The molecule has 23 heavy (non-hydrogen) atoms. The average Bonchev–Trinajstić information content (AvgIpc) is 2.62. The summed E-state index contributed by atoms with van der Waals surface area (Å²) in [6.45, 7) is 3.02. The molecule has 2 heteroatoms. The number of nitrogens with one attached hydrogen (secondary N) is 1. The first-order valence-corrected chi connectivity index (χ1v) is 8.09. The van der Waals surface area contributed by atoms with E-state index in [2.05, 4.69) is 84.0 Å². The minimum absolute atomic E-state index is 0.315. The van der Waals surface area contributed by atoms with Gasteiger partial charge in [-0.3, -0.25) is 4.98 Å². The quantitative estimate of drug-likeness (QED) is 0.691. The summed E-state index contributed by atoms with van der Waals surface area (Å²) in [6.07, 6.45) is 2.88. The van der Waals surface area contributed by atoms with E-state index in [9.17, 15) is 0 Å². The summed E-state index contributed by atoms with van der Waals surface area (Å²) in [7, 11) is 0. The zero-order chi connectivity index (χ0) is 15.9. The topological polar surface area (TPSA) is 24.9 Å². The number of rotatable bonds is 6. The zero-order valence-electron chi connectivity index (χ0n) is 13.4. The Balaban J connectivity index is 1.71. The molecule has 2 aromatic carbocycles. The van der Waals surface area contributed by atoms with E-state index in [0.717, 1.165) is 18.7 Å². The minimum Gasteiger partial charge on any atom is -0.385 e. The van der Waals surface area contributed by atoms with Crippen LogP contribution in [0.15, 0.2) is 79.0 Å². The molecule has 0 amide bonds. The molecule has 0 aliphatic heterocycles. The fraction of sp³-hybridized carbons (Fsp3) is 0.190. The van der Waals surface area contributed by atoms with Crippen LogP contribution in [-0.4, -0.2) is 11.5 Å². The van der Waals surface area contributed by atoms with Crippen LogP contribution < -0.4 is 5.32 Å². The molecule has 2 nitrogen and oxygen atoms in total. The highest BCUT2D eigenvalue weighted by atomic mass is 14.9. The molecule has 1 heterocycles. The van der Waals surface area contributed by atoms with Crippen LogP contribution >= 0.6 is 0 Å². The van der Waals surface area contributed by atoms with Gasteiger partial charge in [0.1, 0.15) is 0 Å². The molecule has 0 unspecified atom stereocenters. The van der Waals surface area contributed by atoms with Gasteiger partial charge in [-0.25, -0.2) is 0 Å². The summed E-state index contributed by atoms with van der Waals surface area (Å²) in [4.78, 5) is 4.56. The molecule has 0 bridgehead atoms. The van der Waals surface area contributed by atoms with Gasteiger partial charge < -0.3 is 5.32 Å². The predicted molar refractivity (Wildman–Crippen MR) is 96.8 cm³/mol. The number of anilines is 1. The highest BCUT2D eigenvalue weighted by Crippen LogP contribution is 2.26. The smallest absolute Gasteiger partial charge is 0.0479 e. The third-order valence-electron chi connectivity index (χ3n) is 4.06. The normalized spacial score (nSPS) is 11.9. The Morgan fingerprint density at radius 1 is 0.870 bits per heavy atom. The van der Waals surface area contributed by atoms with Gasteiger partial charge in [0.15, 0.2) is 0 Å². The lowest BCUT2D eigenvalue weighted by Gasteiger charge is -2.18. The first kappa shape index (κ1) is 15.3. The van der Waals surface area contributed by atoms with Gasteiger partial charge in [0, 0.05) is 30.0 Å². The van der Waals surface area contributed by atoms with Crippen molar-refractivity contribution in [1.29, 1.82) is 0 Å². The van der Waals surface area contributed by atoms with Gasteiger partial charge in [0.2, 0.25) is 0 Å². The molecule has 0 saturated heterocycles. The standard InChI is InChI=1S/C21H22N2/c1-17-10-12-19(13-11-17)22-16-14-20(18-7-3-2-4-8-18)21-9-5-6-15-23-21/h2-13,15,20,22H,14,16H2,1H3/t20-/m1/s1. The number of nitrogens with zero attached hydrogens (tertiary/aromatic N) is 1. The Labute approximate surface area is 138 Å². The number of benzene rings is 2. The van der Waals surface area contributed by atoms with Gasteiger partial charge >= 0.3 is 0 Å². The maximum absolute atomic E-state index is 4.56. The molecule has 0 aliphatic rings. The molecule has 0 aliphatic carbocycles. The molecular weight excluding hydrogens is 280 g/mol. The second-order valence-corrected chi connectivity index (χ2v) is 5.80. The van der Waals surface area contributed by atoms with E-state index in [1.165, 1.54) is 16.8 Å². The Morgan fingerprint density at radius 3 is 2.30 bits per heavy atom. The summed E-state index contributed by atoms with van der Waals surface area (Å²) in [5.41, 5.74) is 4.90. The van der Waals surface area contributed by atoms with Gasteiger partial charge in [-0.1, -0.05) is 54.1 Å². The van der Waals surface area contributed by atoms with Gasteiger partial charge in [0.05, 0.1) is 0 Å². The maximum atomic E-state index is 4.56. The van der Waals surface area contributed by atoms with Crippen molar-refractivity contribution in [2.45, 2.75) is 19.3 Å². The van der Waals surface area contributed by atoms with Crippen LogP contribution in [0.3, 0.4) is 0 Å². The molecule has 116 valence electrons. The Kier molecular flexibility index (Phi) is 5.05. The fourth-order valence-corrected chi connectivity index (χ4v) is 2.79. The van der Waals surface area contributed by atoms with Crippen LogP contribution in [0.5, 0.6) is 0 Å². The van der Waals surface area contributed by atoms with E-state index in [1.54, 1.807) is 0 Å². The SMILES string of the molecule is Cc1ccc(NCC[C@H](c2ccccc2)c2ccccn2)cc1. The van der Waals surface area contributed by atoms with Crippen molar-refractivity contribution in [1.82, 2.24) is 4.98 Å². The first-order chi connectivity index (χ1) is 11.3. The first-order valence-electron chi connectivity index (χ1n) is 8.09. The van der Waals surface area contributed by atoms with Gasteiger partial charge in [0.25, 0.3) is 0 Å². The lowest BCUT2D eigenvalue weighted by atomic mass is 9.92. The van der Waals surface area contributed by atoms with Crippen molar-refractivity contribution < 1.29 is 0 Å². The molecule has 0 fully saturated rings. The molecule has 3 aromatic rings. The van der Waals surface area contributed by atoms with Crippen molar-refractivity contribution in [2.24, 2.45) is 0 Å². The van der Waals surface area contributed by atoms with E-state index in [1.807, 2.05) is 12.3 Å². The molecule has 0 radical (unpaired) electrons. The Morgan fingerprint density at radius 2 is 1.61 bits per heavy atom. The molecule has 1 aromatic heterocycles. The van der Waals surface area contributed by atoms with Gasteiger partial charge in [-0.05, 0) is 43.2 Å². The van der Waals surface area contributed by atoms with Crippen LogP contribution in [0, 0.1) is 6.92 Å². The molecule has 0 spiro atoms. The number of aryl methyl sites for hydroxylation is 1. The van der Waals surface area contributed by atoms with Crippen molar-refractivity contribution in [2.75, 3.05) is 11.9 Å². The molecule has 1 N–H and O–H groups in total. The molecule has 0 saturated carbocycles. The predicted octanol–water partition coefficient (Wildman–Crippen LogP) is 5.02. The van der Waals surface area contributed by atoms with Crippen molar-refractivity contribution in [3.8, 4) is 0 Å². The Hall–Kier alpha value is -2.61. The average molecular weight is 302 g/mol. The van der Waals surface area contributed by atoms with E-state index in [-0.39, 0.29) is 0 Å². The van der Waals surface area contributed by atoms with Crippen LogP contribution in [0.1, 0.15) is 29.2 Å². The number of aromatic nitrogens is 1. The summed E-state index contributed by atoms with van der Waals surface area (Å²) in [5.74, 6) is 0.315. The number of hydrogen-bond donors (Lipinski definition) is 1. The number of pyridine rings is 1. The second-order valence-electron chi connectivity index (χ2n) is 5.80. The maximum Gasteiger partial charge on any atom is 0.0479 e. The van der Waals surface area contributed by atoms with E-state index in [4.69, 9.17) is 0 Å². The molecule has 1 atom stereocenters. The van der Waals surface area contributed by atoms with Crippen LogP contribution in [0.25, 0.3) is 0 Å². The van der Waals surface area contributed by atoms with Gasteiger partial charge in [-0.15, -0.1) is 0 Å². The monoisotopic (exact) mass is 302 g/mol.